The fourth-order valence-electron chi connectivity index (χ4n) is 1.76. The molecule has 0 radical (unpaired) electrons. The molecule has 0 saturated heterocycles. The smallest absolute Gasteiger partial charge is 0.311 e. The number of halogens is 2. The van der Waals surface area contributed by atoms with E-state index in [9.17, 15) is 13.6 Å². The zero-order valence-electron chi connectivity index (χ0n) is 9.92. The van der Waals surface area contributed by atoms with Crippen LogP contribution in [0.15, 0.2) is 18.2 Å². The average molecular weight is 243 g/mol. The third kappa shape index (κ3) is 2.61. The molecule has 0 bridgehead atoms. The molecule has 2 N–H and O–H groups in total. The minimum Gasteiger partial charge on any atom is -0.481 e. The Morgan fingerprint density at radius 3 is 2.47 bits per heavy atom. The van der Waals surface area contributed by atoms with E-state index in [-0.39, 0.29) is 5.56 Å². The minimum atomic E-state index is -1.25. The molecule has 1 atom stereocenters. The van der Waals surface area contributed by atoms with E-state index in [0.29, 0.717) is 0 Å². The number of carbonyl (C=O) groups is 1. The lowest BCUT2D eigenvalue weighted by atomic mass is 9.80. The van der Waals surface area contributed by atoms with Gasteiger partial charge in [0.25, 0.3) is 0 Å². The van der Waals surface area contributed by atoms with Crippen LogP contribution >= 0.6 is 0 Å². The third-order valence-corrected chi connectivity index (χ3v) is 2.83. The molecule has 17 heavy (non-hydrogen) atoms. The molecule has 1 unspecified atom stereocenters. The molecule has 0 aliphatic heterocycles. The second kappa shape index (κ2) is 4.79. The molecule has 0 aliphatic rings. The van der Waals surface area contributed by atoms with Gasteiger partial charge >= 0.3 is 5.97 Å². The number of hydrogen-bond acceptors (Lipinski definition) is 2. The van der Waals surface area contributed by atoms with Crippen LogP contribution in [-0.2, 0) is 4.79 Å². The summed E-state index contributed by atoms with van der Waals surface area (Å²) in [4.78, 5) is 11.1. The van der Waals surface area contributed by atoms with Gasteiger partial charge in [-0.2, -0.15) is 0 Å². The van der Waals surface area contributed by atoms with Crippen molar-refractivity contribution in [1.29, 1.82) is 0 Å². The van der Waals surface area contributed by atoms with Crippen molar-refractivity contribution in [2.75, 3.05) is 7.05 Å². The number of benzene rings is 1. The predicted octanol–water partition coefficient (Wildman–Crippen LogP) is 2.34. The van der Waals surface area contributed by atoms with Crippen molar-refractivity contribution in [3.63, 3.8) is 0 Å². The summed E-state index contributed by atoms with van der Waals surface area (Å²) in [5.74, 6) is -2.30. The van der Waals surface area contributed by atoms with E-state index in [2.05, 4.69) is 5.32 Å². The van der Waals surface area contributed by atoms with Crippen molar-refractivity contribution in [1.82, 2.24) is 5.32 Å². The highest BCUT2D eigenvalue weighted by Crippen LogP contribution is 2.34. The average Bonchev–Trinajstić information content (AvgIpc) is 2.23. The van der Waals surface area contributed by atoms with Gasteiger partial charge in [0.2, 0.25) is 0 Å². The largest absolute Gasteiger partial charge is 0.481 e. The van der Waals surface area contributed by atoms with Gasteiger partial charge in [-0.1, -0.05) is 0 Å². The van der Waals surface area contributed by atoms with E-state index < -0.39 is 29.1 Å². The molecular weight excluding hydrogens is 228 g/mol. The predicted molar refractivity (Wildman–Crippen MR) is 59.6 cm³/mol. The standard InChI is InChI=1S/C12H15F2NO2/c1-12(2,11(16)17)10(15-3)8-6-7(13)4-5-9(8)14/h4-6,10,15H,1-3H3,(H,16,17). The van der Waals surface area contributed by atoms with Crippen molar-refractivity contribution in [2.45, 2.75) is 19.9 Å². The summed E-state index contributed by atoms with van der Waals surface area (Å²) in [7, 11) is 1.51. The molecule has 1 rings (SSSR count). The maximum atomic E-state index is 13.6. The molecular formula is C12H15F2NO2. The number of carboxylic acids is 1. The van der Waals surface area contributed by atoms with Crippen LogP contribution in [0.2, 0.25) is 0 Å². The topological polar surface area (TPSA) is 49.3 Å². The molecule has 0 aliphatic carbocycles. The monoisotopic (exact) mass is 243 g/mol. The molecule has 0 amide bonds. The number of hydrogen-bond donors (Lipinski definition) is 2. The molecule has 0 saturated carbocycles. The van der Waals surface area contributed by atoms with E-state index in [1.165, 1.54) is 20.9 Å². The normalized spacial score (nSPS) is 13.5. The van der Waals surface area contributed by atoms with Crippen LogP contribution in [0, 0.1) is 17.0 Å². The van der Waals surface area contributed by atoms with Crippen LogP contribution in [0.1, 0.15) is 25.5 Å². The summed E-state index contributed by atoms with van der Waals surface area (Å²) < 4.78 is 26.7. The highest BCUT2D eigenvalue weighted by molar-refractivity contribution is 5.75. The Morgan fingerprint density at radius 1 is 1.41 bits per heavy atom. The summed E-state index contributed by atoms with van der Waals surface area (Å²) in [6.07, 6.45) is 0. The second-order valence-corrected chi connectivity index (χ2v) is 4.41. The zero-order valence-corrected chi connectivity index (χ0v) is 9.92. The third-order valence-electron chi connectivity index (χ3n) is 2.83. The number of aliphatic carboxylic acids is 1. The van der Waals surface area contributed by atoms with Gasteiger partial charge in [0, 0.05) is 5.56 Å². The van der Waals surface area contributed by atoms with Gasteiger partial charge in [-0.15, -0.1) is 0 Å². The molecule has 0 heterocycles. The Labute approximate surface area is 98.5 Å². The lowest BCUT2D eigenvalue weighted by Gasteiger charge is -2.30. The first-order valence-corrected chi connectivity index (χ1v) is 5.16. The van der Waals surface area contributed by atoms with Gasteiger partial charge in [0.1, 0.15) is 11.6 Å². The fourth-order valence-corrected chi connectivity index (χ4v) is 1.76. The molecule has 1 aromatic rings. The molecule has 5 heteroatoms. The fraction of sp³-hybridized carbons (Fsp3) is 0.417. The van der Waals surface area contributed by atoms with Gasteiger partial charge in [-0.05, 0) is 39.1 Å². The van der Waals surface area contributed by atoms with Crippen molar-refractivity contribution in [2.24, 2.45) is 5.41 Å². The van der Waals surface area contributed by atoms with E-state index in [0.717, 1.165) is 18.2 Å². The highest BCUT2D eigenvalue weighted by atomic mass is 19.1. The Morgan fingerprint density at radius 2 is 2.00 bits per heavy atom. The first-order chi connectivity index (χ1) is 7.80. The summed E-state index contributed by atoms with van der Waals surface area (Å²) in [5, 5.41) is 11.8. The number of rotatable bonds is 4. The van der Waals surface area contributed by atoms with Gasteiger partial charge < -0.3 is 10.4 Å². The van der Waals surface area contributed by atoms with Gasteiger partial charge in [0.05, 0.1) is 11.5 Å². The van der Waals surface area contributed by atoms with E-state index in [1.54, 1.807) is 0 Å². The van der Waals surface area contributed by atoms with Crippen LogP contribution in [0.25, 0.3) is 0 Å². The zero-order chi connectivity index (χ0) is 13.2. The molecule has 3 nitrogen and oxygen atoms in total. The van der Waals surface area contributed by atoms with Gasteiger partial charge in [-0.3, -0.25) is 4.79 Å². The van der Waals surface area contributed by atoms with E-state index >= 15 is 0 Å². The van der Waals surface area contributed by atoms with Crippen LogP contribution in [-0.4, -0.2) is 18.1 Å². The van der Waals surface area contributed by atoms with Crippen LogP contribution < -0.4 is 5.32 Å². The van der Waals surface area contributed by atoms with Crippen molar-refractivity contribution in [3.8, 4) is 0 Å². The molecule has 1 aromatic carbocycles. The van der Waals surface area contributed by atoms with Crippen molar-refractivity contribution < 1.29 is 18.7 Å². The maximum Gasteiger partial charge on any atom is 0.311 e. The summed E-state index contributed by atoms with van der Waals surface area (Å²) in [5.41, 5.74) is -1.23. The van der Waals surface area contributed by atoms with E-state index in [1.807, 2.05) is 0 Å². The molecule has 0 aromatic heterocycles. The Bertz CT molecular complexity index is 433. The lowest BCUT2D eigenvalue weighted by molar-refractivity contribution is -0.148. The summed E-state index contributed by atoms with van der Waals surface area (Å²) in [6, 6.07) is 2.20. The highest BCUT2D eigenvalue weighted by Gasteiger charge is 2.38. The maximum absolute atomic E-state index is 13.6. The van der Waals surface area contributed by atoms with Crippen molar-refractivity contribution in [3.05, 3.63) is 35.4 Å². The SMILES string of the molecule is CNC(c1cc(F)ccc1F)C(C)(C)C(=O)O. The molecule has 0 spiro atoms. The summed E-state index contributed by atoms with van der Waals surface area (Å²) in [6.45, 7) is 2.92. The van der Waals surface area contributed by atoms with Gasteiger partial charge in [-0.25, -0.2) is 8.78 Å². The van der Waals surface area contributed by atoms with Gasteiger partial charge in [0.15, 0.2) is 0 Å². The Kier molecular flexibility index (Phi) is 3.83. The summed E-state index contributed by atoms with van der Waals surface area (Å²) >= 11 is 0. The Balaban J connectivity index is 3.27. The lowest BCUT2D eigenvalue weighted by Crippen LogP contribution is -2.38. The molecule has 94 valence electrons. The first-order valence-electron chi connectivity index (χ1n) is 5.16. The minimum absolute atomic E-state index is 0.0138. The van der Waals surface area contributed by atoms with Crippen molar-refractivity contribution >= 4 is 5.97 Å². The van der Waals surface area contributed by atoms with E-state index in [4.69, 9.17) is 5.11 Å². The molecule has 0 fully saturated rings. The second-order valence-electron chi connectivity index (χ2n) is 4.41. The van der Waals surface area contributed by atoms with Crippen LogP contribution in [0.3, 0.4) is 0 Å². The first kappa shape index (κ1) is 13.6. The number of carboxylic acid groups (broad SMARTS) is 1. The van der Waals surface area contributed by atoms with Crippen LogP contribution in [0.5, 0.6) is 0 Å². The van der Waals surface area contributed by atoms with Crippen LogP contribution in [0.4, 0.5) is 8.78 Å². The quantitative estimate of drug-likeness (QED) is 0.853. The number of nitrogens with one attached hydrogen (secondary N) is 1. The Hall–Kier alpha value is -1.49.